The van der Waals surface area contributed by atoms with Gasteiger partial charge >= 0.3 is 0 Å². The summed E-state index contributed by atoms with van der Waals surface area (Å²) in [7, 11) is 1.86. The summed E-state index contributed by atoms with van der Waals surface area (Å²) in [5.41, 5.74) is 0. The highest BCUT2D eigenvalue weighted by Gasteiger charge is 2.10. The van der Waals surface area contributed by atoms with Crippen molar-refractivity contribution in [1.82, 2.24) is 15.5 Å². The molecule has 0 aromatic rings. The predicted molar refractivity (Wildman–Crippen MR) is 108 cm³/mol. The van der Waals surface area contributed by atoms with Crippen LogP contribution in [0.2, 0.25) is 0 Å². The van der Waals surface area contributed by atoms with Gasteiger partial charge in [-0.15, -0.1) is 24.0 Å². The van der Waals surface area contributed by atoms with E-state index in [-0.39, 0.29) is 24.0 Å². The van der Waals surface area contributed by atoms with Gasteiger partial charge in [-0.3, -0.25) is 4.99 Å². The number of hydrogen-bond donors (Lipinski definition) is 2. The Labute approximate surface area is 154 Å². The fourth-order valence-corrected chi connectivity index (χ4v) is 2.76. The zero-order valence-corrected chi connectivity index (χ0v) is 17.4. The molecule has 0 aromatic heterocycles. The molecule has 132 valence electrons. The maximum atomic E-state index is 4.31. The Hall–Kier alpha value is -0.0400. The van der Waals surface area contributed by atoms with E-state index in [0.29, 0.717) is 6.04 Å². The number of unbranched alkanes of at least 4 members (excludes halogenated alkanes) is 1. The van der Waals surface area contributed by atoms with Gasteiger partial charge in [0.25, 0.3) is 0 Å². The van der Waals surface area contributed by atoms with Crippen LogP contribution in [0.4, 0.5) is 0 Å². The van der Waals surface area contributed by atoms with Crippen molar-refractivity contribution in [2.45, 2.75) is 65.3 Å². The van der Waals surface area contributed by atoms with Crippen molar-refractivity contribution >= 4 is 29.9 Å². The number of nitrogens with zero attached hydrogens (tertiary/aromatic N) is 2. The number of hydrogen-bond acceptors (Lipinski definition) is 2. The molecule has 0 spiro atoms. The summed E-state index contributed by atoms with van der Waals surface area (Å²) in [5, 5.41) is 6.92. The van der Waals surface area contributed by atoms with Crippen molar-refractivity contribution in [1.29, 1.82) is 0 Å². The largest absolute Gasteiger partial charge is 0.356 e. The number of aliphatic imine (C=N–C) groups is 1. The van der Waals surface area contributed by atoms with Crippen LogP contribution in [0.15, 0.2) is 4.99 Å². The van der Waals surface area contributed by atoms with E-state index < -0.39 is 0 Å². The molecule has 5 heteroatoms. The van der Waals surface area contributed by atoms with E-state index in [1.165, 1.54) is 58.2 Å². The van der Waals surface area contributed by atoms with Crippen LogP contribution in [-0.4, -0.2) is 50.1 Å². The Morgan fingerprint density at radius 2 is 1.77 bits per heavy atom. The van der Waals surface area contributed by atoms with Crippen LogP contribution in [0.25, 0.3) is 0 Å². The first-order valence-electron chi connectivity index (χ1n) is 8.81. The van der Waals surface area contributed by atoms with Crippen molar-refractivity contribution in [3.8, 4) is 0 Å². The molecule has 0 amide bonds. The van der Waals surface area contributed by atoms with Gasteiger partial charge in [0, 0.05) is 19.6 Å². The summed E-state index contributed by atoms with van der Waals surface area (Å²) >= 11 is 0. The smallest absolute Gasteiger partial charge is 0.191 e. The highest BCUT2D eigenvalue weighted by atomic mass is 127. The molecule has 0 radical (unpaired) electrons. The summed E-state index contributed by atoms with van der Waals surface area (Å²) in [6.07, 6.45) is 7.75. The normalized spacial score (nSPS) is 17.4. The summed E-state index contributed by atoms with van der Waals surface area (Å²) in [4.78, 5) is 6.90. The number of rotatable bonds is 9. The molecule has 0 aliphatic carbocycles. The third kappa shape index (κ3) is 10.6. The molecular weight excluding hydrogens is 387 g/mol. The fraction of sp³-hybridized carbons (Fsp3) is 0.941. The number of guanidine groups is 1. The summed E-state index contributed by atoms with van der Waals surface area (Å²) in [5.74, 6) is 1.72. The van der Waals surface area contributed by atoms with Crippen molar-refractivity contribution in [2.24, 2.45) is 10.9 Å². The third-order valence-corrected chi connectivity index (χ3v) is 4.18. The summed E-state index contributed by atoms with van der Waals surface area (Å²) in [6, 6.07) is 0.489. The molecule has 1 aliphatic heterocycles. The summed E-state index contributed by atoms with van der Waals surface area (Å²) in [6.45, 7) is 11.7. The molecule has 1 saturated heterocycles. The second-order valence-electron chi connectivity index (χ2n) is 6.77. The van der Waals surface area contributed by atoms with Gasteiger partial charge in [-0.05, 0) is 71.0 Å². The van der Waals surface area contributed by atoms with Crippen molar-refractivity contribution in [3.05, 3.63) is 0 Å². The lowest BCUT2D eigenvalue weighted by atomic mass is 10.0. The SMILES string of the molecule is CN=C(NCCCCN1CCCC1)NC(C)CCC(C)C.I. The highest BCUT2D eigenvalue weighted by molar-refractivity contribution is 14.0. The predicted octanol–water partition coefficient (Wildman–Crippen LogP) is 3.47. The van der Waals surface area contributed by atoms with Crippen LogP contribution in [-0.2, 0) is 0 Å². The minimum Gasteiger partial charge on any atom is -0.356 e. The Kier molecular flexibility index (Phi) is 13.4. The van der Waals surface area contributed by atoms with Crippen LogP contribution in [0.5, 0.6) is 0 Å². The maximum absolute atomic E-state index is 4.31. The average Bonchev–Trinajstić information content (AvgIpc) is 2.96. The average molecular weight is 424 g/mol. The van der Waals surface area contributed by atoms with E-state index in [4.69, 9.17) is 0 Å². The minimum atomic E-state index is 0. The summed E-state index contributed by atoms with van der Waals surface area (Å²) < 4.78 is 0. The van der Waals surface area contributed by atoms with E-state index >= 15 is 0 Å². The second-order valence-corrected chi connectivity index (χ2v) is 6.77. The molecule has 1 unspecified atom stereocenters. The monoisotopic (exact) mass is 424 g/mol. The van der Waals surface area contributed by atoms with E-state index in [2.05, 4.69) is 41.3 Å². The molecule has 1 fully saturated rings. The first-order chi connectivity index (χ1) is 10.1. The van der Waals surface area contributed by atoms with Gasteiger partial charge in [0.05, 0.1) is 0 Å². The standard InChI is InChI=1S/C17H36N4.HI/c1-15(2)9-10-16(3)20-17(18-4)19-11-5-6-12-21-13-7-8-14-21;/h15-16H,5-14H2,1-4H3,(H2,18,19,20);1H. The topological polar surface area (TPSA) is 39.7 Å². The Morgan fingerprint density at radius 1 is 1.09 bits per heavy atom. The van der Waals surface area contributed by atoms with Crippen LogP contribution in [0.3, 0.4) is 0 Å². The molecule has 1 atom stereocenters. The molecule has 1 aliphatic rings. The van der Waals surface area contributed by atoms with Gasteiger partial charge < -0.3 is 15.5 Å². The van der Waals surface area contributed by atoms with Crippen molar-refractivity contribution in [3.63, 3.8) is 0 Å². The van der Waals surface area contributed by atoms with Gasteiger partial charge in [0.1, 0.15) is 0 Å². The van der Waals surface area contributed by atoms with Gasteiger partial charge in [0.15, 0.2) is 5.96 Å². The lowest BCUT2D eigenvalue weighted by Gasteiger charge is -2.19. The first-order valence-corrected chi connectivity index (χ1v) is 8.81. The lowest BCUT2D eigenvalue weighted by Crippen LogP contribution is -2.42. The minimum absolute atomic E-state index is 0. The van der Waals surface area contributed by atoms with E-state index in [9.17, 15) is 0 Å². The molecule has 0 aromatic carbocycles. The molecule has 0 bridgehead atoms. The van der Waals surface area contributed by atoms with E-state index in [1.807, 2.05) is 7.05 Å². The number of halogens is 1. The number of likely N-dealkylation sites (tertiary alicyclic amines) is 1. The Bertz CT molecular complexity index is 288. The van der Waals surface area contributed by atoms with Crippen LogP contribution in [0.1, 0.15) is 59.3 Å². The number of nitrogens with one attached hydrogen (secondary N) is 2. The zero-order chi connectivity index (χ0) is 15.5. The quantitative estimate of drug-likeness (QED) is 0.258. The molecule has 2 N–H and O–H groups in total. The van der Waals surface area contributed by atoms with Crippen LogP contribution < -0.4 is 10.6 Å². The Morgan fingerprint density at radius 3 is 2.36 bits per heavy atom. The third-order valence-electron chi connectivity index (χ3n) is 4.18. The van der Waals surface area contributed by atoms with E-state index in [1.54, 1.807) is 0 Å². The van der Waals surface area contributed by atoms with Gasteiger partial charge in [-0.1, -0.05) is 13.8 Å². The van der Waals surface area contributed by atoms with E-state index in [0.717, 1.165) is 18.4 Å². The maximum Gasteiger partial charge on any atom is 0.191 e. The molecule has 1 rings (SSSR count). The molecule has 22 heavy (non-hydrogen) atoms. The lowest BCUT2D eigenvalue weighted by molar-refractivity contribution is 0.330. The van der Waals surface area contributed by atoms with Crippen molar-refractivity contribution < 1.29 is 0 Å². The molecule has 4 nitrogen and oxygen atoms in total. The first kappa shape index (κ1) is 22.0. The zero-order valence-electron chi connectivity index (χ0n) is 15.0. The molecule has 1 heterocycles. The van der Waals surface area contributed by atoms with Gasteiger partial charge in [-0.25, -0.2) is 0 Å². The van der Waals surface area contributed by atoms with Crippen molar-refractivity contribution in [2.75, 3.05) is 33.2 Å². The molecular formula is C17H37IN4. The molecule has 0 saturated carbocycles. The highest BCUT2D eigenvalue weighted by Crippen LogP contribution is 2.08. The van der Waals surface area contributed by atoms with Crippen LogP contribution >= 0.6 is 24.0 Å². The second kappa shape index (κ2) is 13.4. The van der Waals surface area contributed by atoms with Gasteiger partial charge in [0.2, 0.25) is 0 Å². The Balaban J connectivity index is 0.00000441. The van der Waals surface area contributed by atoms with Gasteiger partial charge in [-0.2, -0.15) is 0 Å². The fourth-order valence-electron chi connectivity index (χ4n) is 2.76. The van der Waals surface area contributed by atoms with Crippen LogP contribution in [0, 0.1) is 5.92 Å².